The van der Waals surface area contributed by atoms with Crippen molar-refractivity contribution < 1.29 is 14.8 Å². The van der Waals surface area contributed by atoms with E-state index in [2.05, 4.69) is 15.3 Å². The number of aromatic nitrogens is 2. The molecule has 1 saturated heterocycles. The lowest BCUT2D eigenvalue weighted by atomic mass is 10.2. The van der Waals surface area contributed by atoms with Gasteiger partial charge in [0.05, 0.1) is 42.7 Å². The number of hydrogen-bond donors (Lipinski definition) is 2. The minimum atomic E-state index is -0.545. The molecule has 1 atom stereocenters. The number of nitrogens with one attached hydrogen (secondary N) is 1. The van der Waals surface area contributed by atoms with Gasteiger partial charge in [-0.1, -0.05) is 12.1 Å². The van der Waals surface area contributed by atoms with Crippen molar-refractivity contribution >= 4 is 17.1 Å². The van der Waals surface area contributed by atoms with Gasteiger partial charge in [0.25, 0.3) is 5.69 Å². The third-order valence-corrected chi connectivity index (χ3v) is 3.98. The molecule has 0 radical (unpaired) electrons. The fourth-order valence-electron chi connectivity index (χ4n) is 2.78. The van der Waals surface area contributed by atoms with Crippen LogP contribution >= 0.6 is 0 Å². The summed E-state index contributed by atoms with van der Waals surface area (Å²) >= 11 is 0. The van der Waals surface area contributed by atoms with E-state index in [1.54, 1.807) is 35.3 Å². The summed E-state index contributed by atoms with van der Waals surface area (Å²) in [5, 5.41) is 28.5. The zero-order valence-corrected chi connectivity index (χ0v) is 13.7. The highest BCUT2D eigenvalue weighted by Gasteiger charge is 2.16. The summed E-state index contributed by atoms with van der Waals surface area (Å²) in [5.74, 6) is 0. The highest BCUT2D eigenvalue weighted by molar-refractivity contribution is 5.68. The zero-order valence-electron chi connectivity index (χ0n) is 13.7. The van der Waals surface area contributed by atoms with E-state index in [0.717, 1.165) is 13.1 Å². The largest absolute Gasteiger partial charge is 0.390 e. The number of nitrogens with zero attached hydrogens (tertiary/aromatic N) is 4. The highest BCUT2D eigenvalue weighted by atomic mass is 16.6. The van der Waals surface area contributed by atoms with Gasteiger partial charge in [0.1, 0.15) is 5.69 Å². The van der Waals surface area contributed by atoms with Crippen molar-refractivity contribution in [3.05, 3.63) is 46.8 Å². The van der Waals surface area contributed by atoms with Crippen LogP contribution in [0.4, 0.5) is 17.1 Å². The zero-order chi connectivity index (χ0) is 17.6. The summed E-state index contributed by atoms with van der Waals surface area (Å²) in [6.45, 7) is 3.95. The van der Waals surface area contributed by atoms with Gasteiger partial charge in [-0.25, -0.2) is 0 Å². The molecule has 0 spiro atoms. The Morgan fingerprint density at radius 1 is 1.32 bits per heavy atom. The Labute approximate surface area is 145 Å². The van der Waals surface area contributed by atoms with Crippen LogP contribution in [0.2, 0.25) is 0 Å². The molecule has 0 bridgehead atoms. The molecule has 2 aromatic rings. The smallest absolute Gasteiger partial charge is 0.292 e. The molecule has 2 heterocycles. The van der Waals surface area contributed by atoms with E-state index in [4.69, 9.17) is 4.74 Å². The van der Waals surface area contributed by atoms with Crippen molar-refractivity contribution in [3.63, 3.8) is 0 Å². The van der Waals surface area contributed by atoms with Gasteiger partial charge < -0.3 is 15.2 Å². The number of anilines is 2. The molecule has 0 amide bonds. The van der Waals surface area contributed by atoms with Crippen molar-refractivity contribution in [1.29, 1.82) is 0 Å². The molecule has 134 valence electrons. The van der Waals surface area contributed by atoms with Gasteiger partial charge in [-0.15, -0.1) is 0 Å². The predicted molar refractivity (Wildman–Crippen MR) is 91.9 cm³/mol. The molecule has 9 heteroatoms. The number of hydrogen-bond acceptors (Lipinski definition) is 7. The summed E-state index contributed by atoms with van der Waals surface area (Å²) in [4.78, 5) is 12.8. The summed E-state index contributed by atoms with van der Waals surface area (Å²) in [5.41, 5.74) is 1.04. The average molecular weight is 347 g/mol. The SMILES string of the molecule is O=[N+]([O-])c1ccccc1Nc1cnn(C[C@@H](O)CN2CCOCC2)c1. The van der Waals surface area contributed by atoms with Crippen LogP contribution in [0.15, 0.2) is 36.7 Å². The topological polar surface area (TPSA) is 106 Å². The van der Waals surface area contributed by atoms with Crippen molar-refractivity contribution in [2.75, 3.05) is 38.2 Å². The number of aliphatic hydroxyl groups is 1. The number of nitro groups is 1. The fraction of sp³-hybridized carbons (Fsp3) is 0.438. The van der Waals surface area contributed by atoms with Crippen molar-refractivity contribution in [3.8, 4) is 0 Å². The van der Waals surface area contributed by atoms with Crippen LogP contribution in [-0.4, -0.2) is 63.7 Å². The van der Waals surface area contributed by atoms with E-state index in [1.165, 1.54) is 6.07 Å². The second-order valence-corrected chi connectivity index (χ2v) is 5.92. The number of ether oxygens (including phenoxy) is 1. The second-order valence-electron chi connectivity index (χ2n) is 5.92. The summed E-state index contributed by atoms with van der Waals surface area (Å²) < 4.78 is 6.92. The molecule has 3 rings (SSSR count). The quantitative estimate of drug-likeness (QED) is 0.573. The van der Waals surface area contributed by atoms with E-state index < -0.39 is 11.0 Å². The van der Waals surface area contributed by atoms with Crippen LogP contribution < -0.4 is 5.32 Å². The van der Waals surface area contributed by atoms with Gasteiger partial charge in [0, 0.05) is 31.9 Å². The van der Waals surface area contributed by atoms with Gasteiger partial charge >= 0.3 is 0 Å². The minimum absolute atomic E-state index is 0.00241. The maximum atomic E-state index is 11.0. The van der Waals surface area contributed by atoms with Gasteiger partial charge in [-0.3, -0.25) is 19.7 Å². The Bertz CT molecular complexity index is 714. The van der Waals surface area contributed by atoms with Crippen LogP contribution in [0.1, 0.15) is 0 Å². The number of β-amino-alcohol motifs (C(OH)–C–C–N with tert-alkyl or cyclic N) is 1. The number of aliphatic hydroxyl groups excluding tert-OH is 1. The standard InChI is InChI=1S/C16H21N5O4/c22-14(11-19-5-7-25-8-6-19)12-20-10-13(9-17-20)18-15-3-1-2-4-16(15)21(23)24/h1-4,9-10,14,18,22H,5-8,11-12H2/t14-/m0/s1. The highest BCUT2D eigenvalue weighted by Crippen LogP contribution is 2.26. The van der Waals surface area contributed by atoms with E-state index in [1.807, 2.05) is 0 Å². The second kappa shape index (κ2) is 8.06. The van der Waals surface area contributed by atoms with Gasteiger partial charge in [0.2, 0.25) is 0 Å². The third kappa shape index (κ3) is 4.75. The summed E-state index contributed by atoms with van der Waals surface area (Å²) in [6, 6.07) is 6.43. The molecule has 0 aliphatic carbocycles. The van der Waals surface area contributed by atoms with Gasteiger partial charge in [0.15, 0.2) is 0 Å². The van der Waals surface area contributed by atoms with Crippen LogP contribution in [0.25, 0.3) is 0 Å². The predicted octanol–water partition coefficient (Wildman–Crippen LogP) is 1.23. The van der Waals surface area contributed by atoms with Gasteiger partial charge in [-0.05, 0) is 6.07 Å². The van der Waals surface area contributed by atoms with E-state index in [9.17, 15) is 15.2 Å². The number of para-hydroxylation sites is 2. The number of benzene rings is 1. The molecule has 0 saturated carbocycles. The molecule has 1 fully saturated rings. The Kier molecular flexibility index (Phi) is 5.59. The molecular weight excluding hydrogens is 326 g/mol. The van der Waals surface area contributed by atoms with Crippen LogP contribution in [-0.2, 0) is 11.3 Å². The maximum Gasteiger partial charge on any atom is 0.292 e. The fourth-order valence-corrected chi connectivity index (χ4v) is 2.78. The first-order valence-corrected chi connectivity index (χ1v) is 8.13. The van der Waals surface area contributed by atoms with Crippen molar-refractivity contribution in [2.24, 2.45) is 0 Å². The first-order valence-electron chi connectivity index (χ1n) is 8.13. The number of morpholine rings is 1. The average Bonchev–Trinajstić information content (AvgIpc) is 3.02. The lowest BCUT2D eigenvalue weighted by molar-refractivity contribution is -0.383. The van der Waals surface area contributed by atoms with Crippen molar-refractivity contribution in [2.45, 2.75) is 12.6 Å². The van der Waals surface area contributed by atoms with E-state index >= 15 is 0 Å². The van der Waals surface area contributed by atoms with Crippen LogP contribution in [0.3, 0.4) is 0 Å². The molecule has 1 aromatic carbocycles. The third-order valence-electron chi connectivity index (χ3n) is 3.98. The Morgan fingerprint density at radius 3 is 2.84 bits per heavy atom. The van der Waals surface area contributed by atoms with E-state index in [0.29, 0.717) is 37.7 Å². The summed E-state index contributed by atoms with van der Waals surface area (Å²) in [6.07, 6.45) is 2.76. The molecule has 9 nitrogen and oxygen atoms in total. The monoisotopic (exact) mass is 347 g/mol. The molecule has 1 aliphatic heterocycles. The maximum absolute atomic E-state index is 11.0. The molecular formula is C16H21N5O4. The first-order chi connectivity index (χ1) is 12.1. The lowest BCUT2D eigenvalue weighted by Gasteiger charge is -2.28. The Morgan fingerprint density at radius 2 is 2.08 bits per heavy atom. The normalized spacial score (nSPS) is 16.5. The molecule has 1 aliphatic rings. The van der Waals surface area contributed by atoms with Crippen LogP contribution in [0.5, 0.6) is 0 Å². The molecule has 0 unspecified atom stereocenters. The van der Waals surface area contributed by atoms with Gasteiger partial charge in [-0.2, -0.15) is 5.10 Å². The molecule has 2 N–H and O–H groups in total. The Hall–Kier alpha value is -2.49. The van der Waals surface area contributed by atoms with E-state index in [-0.39, 0.29) is 5.69 Å². The molecule has 25 heavy (non-hydrogen) atoms. The number of rotatable bonds is 7. The van der Waals surface area contributed by atoms with Crippen LogP contribution in [0, 0.1) is 10.1 Å². The Balaban J connectivity index is 1.58. The molecule has 1 aromatic heterocycles. The van der Waals surface area contributed by atoms with Crippen molar-refractivity contribution in [1.82, 2.24) is 14.7 Å². The number of nitro benzene ring substituents is 1. The first kappa shape index (κ1) is 17.3. The lowest BCUT2D eigenvalue weighted by Crippen LogP contribution is -2.42. The minimum Gasteiger partial charge on any atom is -0.390 e. The summed E-state index contributed by atoms with van der Waals surface area (Å²) in [7, 11) is 0.